The molecule has 1 aromatic carbocycles. The minimum absolute atomic E-state index is 0.308. The molecular formula is C24H31N7O3S. The highest BCUT2D eigenvalue weighted by atomic mass is 32.2. The molecule has 0 saturated carbocycles. The summed E-state index contributed by atoms with van der Waals surface area (Å²) in [7, 11) is 4.06. The second-order valence-corrected chi connectivity index (χ2v) is 9.86. The number of tetrazole rings is 1. The van der Waals surface area contributed by atoms with Gasteiger partial charge in [-0.3, -0.25) is 4.98 Å². The Morgan fingerprint density at radius 3 is 2.66 bits per heavy atom. The number of likely N-dealkylation sites (N-methyl/N-ethyl adjacent to an activating group) is 1. The lowest BCUT2D eigenvalue weighted by molar-refractivity contribution is 0.143. The minimum atomic E-state index is -0.308. The molecule has 1 saturated heterocycles. The molecule has 35 heavy (non-hydrogen) atoms. The van der Waals surface area contributed by atoms with E-state index in [9.17, 15) is 4.79 Å². The zero-order chi connectivity index (χ0) is 24.5. The first-order valence-corrected chi connectivity index (χ1v) is 12.6. The largest absolute Gasteiger partial charge is 0.492 e. The quantitative estimate of drug-likeness (QED) is 0.418. The standard InChI is InChI=1S/C24H31N7O3S/c1-29(2)15-16-31-23(26-27-28-31)35-22-9-13-30(14-10-22)24(32)34-20-7-5-19(6-8-20)11-17-33-21-4-3-12-25-18-21/h3-8,12,18,22H,9-11,13-17H2,1-2H3. The molecule has 186 valence electrons. The molecular weight excluding hydrogens is 466 g/mol. The van der Waals surface area contributed by atoms with Gasteiger partial charge >= 0.3 is 6.09 Å². The van der Waals surface area contributed by atoms with Gasteiger partial charge < -0.3 is 19.3 Å². The molecule has 0 radical (unpaired) electrons. The van der Waals surface area contributed by atoms with Gasteiger partial charge in [0.2, 0.25) is 5.16 Å². The van der Waals surface area contributed by atoms with Crippen molar-refractivity contribution in [2.45, 2.75) is 36.2 Å². The number of hydrogen-bond donors (Lipinski definition) is 0. The summed E-state index contributed by atoms with van der Waals surface area (Å²) >= 11 is 1.69. The van der Waals surface area contributed by atoms with Crippen LogP contribution in [-0.4, -0.2) is 86.7 Å². The van der Waals surface area contributed by atoms with Gasteiger partial charge in [-0.1, -0.05) is 23.9 Å². The summed E-state index contributed by atoms with van der Waals surface area (Å²) in [6, 6.07) is 11.3. The van der Waals surface area contributed by atoms with Crippen molar-refractivity contribution in [1.82, 2.24) is 35.0 Å². The number of aromatic nitrogens is 5. The molecule has 0 N–H and O–H groups in total. The van der Waals surface area contributed by atoms with Crippen LogP contribution >= 0.6 is 11.8 Å². The first kappa shape index (κ1) is 24.9. The molecule has 4 rings (SSSR count). The number of rotatable bonds is 10. The van der Waals surface area contributed by atoms with E-state index in [-0.39, 0.29) is 6.09 Å². The Kier molecular flexibility index (Phi) is 8.90. The molecule has 0 aliphatic carbocycles. The van der Waals surface area contributed by atoms with Gasteiger partial charge in [-0.05, 0) is 67.2 Å². The number of hydrogen-bond acceptors (Lipinski definition) is 9. The van der Waals surface area contributed by atoms with Crippen LogP contribution < -0.4 is 9.47 Å². The summed E-state index contributed by atoms with van der Waals surface area (Å²) in [5.41, 5.74) is 1.11. The van der Waals surface area contributed by atoms with Crippen LogP contribution in [-0.2, 0) is 13.0 Å². The first-order chi connectivity index (χ1) is 17.1. The van der Waals surface area contributed by atoms with E-state index < -0.39 is 0 Å². The fourth-order valence-electron chi connectivity index (χ4n) is 3.63. The van der Waals surface area contributed by atoms with Crippen molar-refractivity contribution in [3.63, 3.8) is 0 Å². The second kappa shape index (κ2) is 12.5. The molecule has 3 heterocycles. The van der Waals surface area contributed by atoms with E-state index in [1.165, 1.54) is 0 Å². The highest BCUT2D eigenvalue weighted by molar-refractivity contribution is 7.99. The molecule has 10 nitrogen and oxygen atoms in total. The second-order valence-electron chi connectivity index (χ2n) is 8.59. The minimum Gasteiger partial charge on any atom is -0.492 e. The van der Waals surface area contributed by atoms with Gasteiger partial charge in [-0.25, -0.2) is 9.48 Å². The summed E-state index contributed by atoms with van der Waals surface area (Å²) in [5.74, 6) is 1.30. The number of likely N-dealkylation sites (tertiary alicyclic amines) is 1. The van der Waals surface area contributed by atoms with Crippen LogP contribution in [0.1, 0.15) is 18.4 Å². The predicted octanol–water partition coefficient (Wildman–Crippen LogP) is 3.01. The van der Waals surface area contributed by atoms with E-state index >= 15 is 0 Å². The zero-order valence-corrected chi connectivity index (χ0v) is 20.9. The van der Waals surface area contributed by atoms with Gasteiger partial charge in [-0.2, -0.15) is 0 Å². The van der Waals surface area contributed by atoms with Crippen LogP contribution in [0.5, 0.6) is 11.5 Å². The molecule has 0 bridgehead atoms. The molecule has 2 aromatic heterocycles. The smallest absolute Gasteiger partial charge is 0.415 e. The molecule has 0 unspecified atom stereocenters. The fourth-order valence-corrected chi connectivity index (χ4v) is 4.71. The van der Waals surface area contributed by atoms with Crippen molar-refractivity contribution >= 4 is 17.9 Å². The van der Waals surface area contributed by atoms with E-state index in [1.54, 1.807) is 29.1 Å². The molecule has 1 amide bonds. The number of pyridine rings is 1. The Balaban J connectivity index is 1.18. The van der Waals surface area contributed by atoms with Gasteiger partial charge in [0, 0.05) is 37.5 Å². The van der Waals surface area contributed by atoms with Crippen LogP contribution in [0, 0.1) is 0 Å². The van der Waals surface area contributed by atoms with Crippen molar-refractivity contribution in [1.29, 1.82) is 0 Å². The summed E-state index contributed by atoms with van der Waals surface area (Å²) in [4.78, 5) is 20.5. The molecule has 0 spiro atoms. The molecule has 0 atom stereocenters. The Morgan fingerprint density at radius 1 is 1.14 bits per heavy atom. The Labute approximate surface area is 209 Å². The SMILES string of the molecule is CN(C)CCn1nnnc1SC1CCN(C(=O)Oc2ccc(CCOc3cccnc3)cc2)CC1. The van der Waals surface area contributed by atoms with E-state index in [0.29, 0.717) is 30.7 Å². The van der Waals surface area contributed by atoms with Crippen LogP contribution in [0.2, 0.25) is 0 Å². The Hall–Kier alpha value is -3.18. The summed E-state index contributed by atoms with van der Waals surface area (Å²) < 4.78 is 13.1. The van der Waals surface area contributed by atoms with Crippen LogP contribution in [0.15, 0.2) is 53.9 Å². The lowest BCUT2D eigenvalue weighted by Crippen LogP contribution is -2.41. The van der Waals surface area contributed by atoms with Gasteiger partial charge in [0.1, 0.15) is 11.5 Å². The highest BCUT2D eigenvalue weighted by Crippen LogP contribution is 2.29. The van der Waals surface area contributed by atoms with Gasteiger partial charge in [-0.15, -0.1) is 5.10 Å². The Bertz CT molecular complexity index is 1050. The predicted molar refractivity (Wildman–Crippen MR) is 133 cm³/mol. The molecule has 1 fully saturated rings. The zero-order valence-electron chi connectivity index (χ0n) is 20.1. The average molecular weight is 498 g/mol. The number of ether oxygens (including phenoxy) is 2. The average Bonchev–Trinajstić information content (AvgIpc) is 3.31. The van der Waals surface area contributed by atoms with Crippen molar-refractivity contribution in [2.24, 2.45) is 0 Å². The number of thioether (sulfide) groups is 1. The molecule has 1 aliphatic rings. The van der Waals surface area contributed by atoms with Crippen molar-refractivity contribution in [3.05, 3.63) is 54.4 Å². The molecule has 3 aromatic rings. The summed E-state index contributed by atoms with van der Waals surface area (Å²) in [6.45, 7) is 3.49. The summed E-state index contributed by atoms with van der Waals surface area (Å²) in [6.07, 6.45) is 5.60. The maximum absolute atomic E-state index is 12.6. The van der Waals surface area contributed by atoms with E-state index in [0.717, 1.165) is 48.8 Å². The third-order valence-electron chi connectivity index (χ3n) is 5.65. The molecule has 11 heteroatoms. The Morgan fingerprint density at radius 2 is 1.94 bits per heavy atom. The van der Waals surface area contributed by atoms with Gasteiger partial charge in [0.05, 0.1) is 19.3 Å². The van der Waals surface area contributed by atoms with E-state index in [2.05, 4.69) is 25.4 Å². The van der Waals surface area contributed by atoms with Crippen LogP contribution in [0.4, 0.5) is 4.79 Å². The van der Waals surface area contributed by atoms with E-state index in [4.69, 9.17) is 9.47 Å². The topological polar surface area (TPSA) is 98.5 Å². The van der Waals surface area contributed by atoms with Gasteiger partial charge in [0.15, 0.2) is 0 Å². The highest BCUT2D eigenvalue weighted by Gasteiger charge is 2.26. The number of amides is 1. The number of nitrogens with zero attached hydrogens (tertiary/aromatic N) is 7. The number of carbonyl (C=O) groups is 1. The number of benzene rings is 1. The number of piperidine rings is 1. The lowest BCUT2D eigenvalue weighted by atomic mass is 10.1. The normalized spacial score (nSPS) is 14.3. The van der Waals surface area contributed by atoms with Crippen LogP contribution in [0.25, 0.3) is 0 Å². The first-order valence-electron chi connectivity index (χ1n) is 11.7. The van der Waals surface area contributed by atoms with Gasteiger partial charge in [0.25, 0.3) is 0 Å². The van der Waals surface area contributed by atoms with Crippen molar-refractivity contribution in [3.8, 4) is 11.5 Å². The third-order valence-corrected chi connectivity index (χ3v) is 6.96. The van der Waals surface area contributed by atoms with E-state index in [1.807, 2.05) is 55.2 Å². The maximum atomic E-state index is 12.6. The van der Waals surface area contributed by atoms with Crippen molar-refractivity contribution in [2.75, 3.05) is 40.3 Å². The monoisotopic (exact) mass is 497 g/mol. The van der Waals surface area contributed by atoms with Crippen molar-refractivity contribution < 1.29 is 14.3 Å². The third kappa shape index (κ3) is 7.66. The summed E-state index contributed by atoms with van der Waals surface area (Å²) in [5, 5.41) is 13.3. The maximum Gasteiger partial charge on any atom is 0.415 e. The molecule has 1 aliphatic heterocycles. The lowest BCUT2D eigenvalue weighted by Gasteiger charge is -2.30. The number of carbonyl (C=O) groups excluding carboxylic acids is 1. The fraction of sp³-hybridized carbons (Fsp3) is 0.458. The van der Waals surface area contributed by atoms with Crippen LogP contribution in [0.3, 0.4) is 0 Å².